The average molecular weight is 377 g/mol. The van der Waals surface area contributed by atoms with Crippen molar-refractivity contribution in [2.24, 2.45) is 5.92 Å². The Morgan fingerprint density at radius 1 is 1.16 bits per heavy atom. The molecule has 0 radical (unpaired) electrons. The summed E-state index contributed by atoms with van der Waals surface area (Å²) in [7, 11) is -3.38. The minimum Gasteiger partial charge on any atom is -0.359 e. The van der Waals surface area contributed by atoms with Crippen molar-refractivity contribution in [3.8, 4) is 0 Å². The molecule has 148 valence electrons. The average Bonchev–Trinajstić information content (AvgIpc) is 2.96. The fourth-order valence-electron chi connectivity index (χ4n) is 3.72. The van der Waals surface area contributed by atoms with Crippen molar-refractivity contribution in [1.82, 2.24) is 9.80 Å². The first-order valence-electron chi connectivity index (χ1n) is 9.57. The molecule has 0 saturated carbocycles. The molecule has 2 aliphatic rings. The molecule has 2 rings (SSSR count). The van der Waals surface area contributed by atoms with Crippen molar-refractivity contribution >= 4 is 10.1 Å². The smallest absolute Gasteiger partial charge is 0.264 e. The molecule has 2 aliphatic heterocycles. The van der Waals surface area contributed by atoms with Crippen molar-refractivity contribution < 1.29 is 17.3 Å². The van der Waals surface area contributed by atoms with E-state index in [1.54, 1.807) is 0 Å². The lowest BCUT2D eigenvalue weighted by Gasteiger charge is -2.41. The van der Waals surface area contributed by atoms with Crippen LogP contribution in [0.5, 0.6) is 0 Å². The second-order valence-electron chi connectivity index (χ2n) is 8.58. The molecule has 0 aromatic rings. The number of hydrogen-bond donors (Lipinski definition) is 0. The van der Waals surface area contributed by atoms with Crippen LogP contribution in [0.15, 0.2) is 0 Å². The van der Waals surface area contributed by atoms with Crippen molar-refractivity contribution in [2.45, 2.75) is 64.5 Å². The number of unbranched alkanes of at least 4 members (excludes halogenated alkanes) is 1. The molecular formula is C18H36N2O4S. The van der Waals surface area contributed by atoms with E-state index in [1.165, 1.54) is 45.2 Å². The zero-order chi connectivity index (χ0) is 18.5. The van der Waals surface area contributed by atoms with Gasteiger partial charge >= 0.3 is 0 Å². The van der Waals surface area contributed by atoms with Crippen LogP contribution in [0.2, 0.25) is 0 Å². The molecule has 0 aromatic carbocycles. The first-order valence-corrected chi connectivity index (χ1v) is 11.4. The second-order valence-corrected chi connectivity index (χ2v) is 10.2. The van der Waals surface area contributed by atoms with E-state index in [4.69, 9.17) is 8.92 Å². The molecule has 2 heterocycles. The van der Waals surface area contributed by atoms with Crippen LogP contribution >= 0.6 is 0 Å². The summed E-state index contributed by atoms with van der Waals surface area (Å²) in [6, 6.07) is 0. The van der Waals surface area contributed by atoms with Gasteiger partial charge in [-0.2, -0.15) is 8.42 Å². The minimum absolute atomic E-state index is 0.127. The summed E-state index contributed by atoms with van der Waals surface area (Å²) in [6.45, 7) is 11.9. The van der Waals surface area contributed by atoms with Gasteiger partial charge in [0.2, 0.25) is 0 Å². The third-order valence-corrected chi connectivity index (χ3v) is 5.89. The number of piperidine rings is 1. The Hall–Kier alpha value is -0.210. The van der Waals surface area contributed by atoms with Gasteiger partial charge in [0.25, 0.3) is 10.1 Å². The summed E-state index contributed by atoms with van der Waals surface area (Å²) in [5, 5.41) is 0. The van der Waals surface area contributed by atoms with Crippen LogP contribution in [-0.4, -0.2) is 75.6 Å². The van der Waals surface area contributed by atoms with Crippen LogP contribution in [-0.2, 0) is 19.0 Å². The predicted octanol–water partition coefficient (Wildman–Crippen LogP) is 2.30. The molecule has 0 N–H and O–H groups in total. The monoisotopic (exact) mass is 376 g/mol. The Balaban J connectivity index is 1.53. The summed E-state index contributed by atoms with van der Waals surface area (Å²) in [5.74, 6) is 0.879. The van der Waals surface area contributed by atoms with Crippen molar-refractivity contribution in [3.05, 3.63) is 0 Å². The van der Waals surface area contributed by atoms with E-state index in [-0.39, 0.29) is 12.7 Å². The zero-order valence-electron chi connectivity index (χ0n) is 16.4. The Kier molecular flexibility index (Phi) is 7.70. The van der Waals surface area contributed by atoms with E-state index in [9.17, 15) is 8.42 Å². The first kappa shape index (κ1) is 21.1. The molecule has 1 unspecified atom stereocenters. The highest BCUT2D eigenvalue weighted by Gasteiger charge is 2.27. The van der Waals surface area contributed by atoms with Crippen molar-refractivity contribution in [1.29, 1.82) is 0 Å². The van der Waals surface area contributed by atoms with Crippen LogP contribution in [0.4, 0.5) is 0 Å². The molecule has 6 nitrogen and oxygen atoms in total. The minimum atomic E-state index is -3.38. The highest BCUT2D eigenvalue weighted by molar-refractivity contribution is 7.85. The number of ether oxygens (including phenoxy) is 1. The summed E-state index contributed by atoms with van der Waals surface area (Å²) in [5.41, 5.74) is 0.304. The first-order chi connectivity index (χ1) is 11.6. The standard InChI is InChI=1S/C18H36N2O4S/c1-18(2,3)20-11-8-16(9-12-20)7-5-6-10-19-13-17(23-15-19)14-24-25(4,21)22/h16-17H,5-15H2,1-4H3. The molecule has 0 aromatic heterocycles. The SMILES string of the molecule is CC(C)(C)N1CCC(CCCCN2COC(COS(C)(=O)=O)C2)CC1. The van der Waals surface area contributed by atoms with Gasteiger partial charge in [0.15, 0.2) is 0 Å². The summed E-state index contributed by atoms with van der Waals surface area (Å²) in [6.07, 6.45) is 7.38. The maximum absolute atomic E-state index is 11.0. The maximum Gasteiger partial charge on any atom is 0.264 e. The highest BCUT2D eigenvalue weighted by atomic mass is 32.2. The summed E-state index contributed by atoms with van der Waals surface area (Å²) < 4.78 is 32.4. The predicted molar refractivity (Wildman–Crippen MR) is 100 cm³/mol. The Morgan fingerprint density at radius 2 is 1.84 bits per heavy atom. The molecule has 2 fully saturated rings. The highest BCUT2D eigenvalue weighted by Crippen LogP contribution is 2.27. The fourth-order valence-corrected chi connectivity index (χ4v) is 4.12. The van der Waals surface area contributed by atoms with Gasteiger partial charge in [0, 0.05) is 18.6 Å². The van der Waals surface area contributed by atoms with E-state index in [0.29, 0.717) is 12.3 Å². The number of rotatable bonds is 8. The lowest BCUT2D eigenvalue weighted by Crippen LogP contribution is -2.46. The molecule has 7 heteroatoms. The molecule has 25 heavy (non-hydrogen) atoms. The zero-order valence-corrected chi connectivity index (χ0v) is 17.2. The maximum atomic E-state index is 11.0. The van der Waals surface area contributed by atoms with Crippen LogP contribution in [0.3, 0.4) is 0 Å². The molecule has 0 amide bonds. The number of hydrogen-bond acceptors (Lipinski definition) is 6. The molecule has 2 saturated heterocycles. The lowest BCUT2D eigenvalue weighted by molar-refractivity contribution is 0.0606. The van der Waals surface area contributed by atoms with E-state index < -0.39 is 10.1 Å². The fraction of sp³-hybridized carbons (Fsp3) is 1.00. The van der Waals surface area contributed by atoms with Gasteiger partial charge < -0.3 is 4.74 Å². The van der Waals surface area contributed by atoms with Crippen LogP contribution in [0.25, 0.3) is 0 Å². The van der Waals surface area contributed by atoms with E-state index in [0.717, 1.165) is 25.3 Å². The Morgan fingerprint density at radius 3 is 2.44 bits per heavy atom. The molecule has 0 bridgehead atoms. The van der Waals surface area contributed by atoms with Crippen LogP contribution < -0.4 is 0 Å². The van der Waals surface area contributed by atoms with Crippen LogP contribution in [0.1, 0.15) is 52.9 Å². The summed E-state index contributed by atoms with van der Waals surface area (Å²) >= 11 is 0. The van der Waals surface area contributed by atoms with Gasteiger partial charge in [0.05, 0.1) is 25.7 Å². The van der Waals surface area contributed by atoms with E-state index in [1.807, 2.05) is 0 Å². The molecular weight excluding hydrogens is 340 g/mol. The normalized spacial score (nSPS) is 24.9. The second kappa shape index (κ2) is 9.13. The third kappa shape index (κ3) is 7.91. The van der Waals surface area contributed by atoms with Gasteiger partial charge in [-0.05, 0) is 59.0 Å². The van der Waals surface area contributed by atoms with E-state index in [2.05, 4.69) is 30.6 Å². The largest absolute Gasteiger partial charge is 0.359 e. The van der Waals surface area contributed by atoms with Gasteiger partial charge in [-0.15, -0.1) is 0 Å². The Labute approximate surface area is 154 Å². The van der Waals surface area contributed by atoms with Crippen molar-refractivity contribution in [3.63, 3.8) is 0 Å². The van der Waals surface area contributed by atoms with Gasteiger partial charge in [0.1, 0.15) is 0 Å². The molecule has 0 aliphatic carbocycles. The molecule has 0 spiro atoms. The number of nitrogens with zero attached hydrogens (tertiary/aromatic N) is 2. The topological polar surface area (TPSA) is 59.1 Å². The quantitative estimate of drug-likeness (QED) is 0.479. The van der Waals surface area contributed by atoms with Gasteiger partial charge in [-0.3, -0.25) is 14.0 Å². The van der Waals surface area contributed by atoms with Gasteiger partial charge in [-0.25, -0.2) is 0 Å². The van der Waals surface area contributed by atoms with Crippen molar-refractivity contribution in [2.75, 3.05) is 45.8 Å². The Bertz CT molecular complexity index is 496. The van der Waals surface area contributed by atoms with Gasteiger partial charge in [-0.1, -0.05) is 12.8 Å². The number of likely N-dealkylation sites (tertiary alicyclic amines) is 1. The molecule has 1 atom stereocenters. The van der Waals surface area contributed by atoms with E-state index >= 15 is 0 Å². The lowest BCUT2D eigenvalue weighted by atomic mass is 9.89. The summed E-state index contributed by atoms with van der Waals surface area (Å²) in [4.78, 5) is 4.85. The van der Waals surface area contributed by atoms with Crippen LogP contribution in [0, 0.1) is 5.92 Å². The third-order valence-electron chi connectivity index (χ3n) is 5.32.